The Bertz CT molecular complexity index is 730. The summed E-state index contributed by atoms with van der Waals surface area (Å²) in [7, 11) is 1.51. The minimum atomic E-state index is -0.583. The highest BCUT2D eigenvalue weighted by atomic mass is 16.7. The third-order valence-electron chi connectivity index (χ3n) is 4.08. The molecule has 0 radical (unpaired) electrons. The van der Waals surface area contributed by atoms with Crippen LogP contribution in [0.2, 0.25) is 0 Å². The van der Waals surface area contributed by atoms with Gasteiger partial charge in [-0.2, -0.15) is 0 Å². The number of carbonyl (C=O) groups is 2. The first-order valence-electron chi connectivity index (χ1n) is 8.34. The van der Waals surface area contributed by atoms with Crippen LogP contribution in [-0.4, -0.2) is 44.2 Å². The Balaban J connectivity index is 1.60. The number of methoxy groups -OCH3 is 1. The molecule has 0 amide bonds. The number of ether oxygens (including phenoxy) is 4. The van der Waals surface area contributed by atoms with E-state index < -0.39 is 30.4 Å². The van der Waals surface area contributed by atoms with Gasteiger partial charge >= 0.3 is 11.9 Å². The lowest BCUT2D eigenvalue weighted by Crippen LogP contribution is -2.32. The Morgan fingerprint density at radius 2 is 1.54 bits per heavy atom. The SMILES string of the molecule is CO[C@H]1C[C@H](OC(=O)c2ccccc2)[C@@H](COC(=O)c2ccccc2)O1. The van der Waals surface area contributed by atoms with Crippen molar-refractivity contribution >= 4 is 11.9 Å². The summed E-state index contributed by atoms with van der Waals surface area (Å²) in [5.41, 5.74) is 0.903. The van der Waals surface area contributed by atoms with Crippen molar-refractivity contribution < 1.29 is 28.5 Å². The van der Waals surface area contributed by atoms with E-state index in [2.05, 4.69) is 0 Å². The van der Waals surface area contributed by atoms with Gasteiger partial charge in [0.15, 0.2) is 6.29 Å². The van der Waals surface area contributed by atoms with Crippen LogP contribution in [0.15, 0.2) is 60.7 Å². The predicted octanol–water partition coefficient (Wildman–Crippen LogP) is 2.83. The van der Waals surface area contributed by atoms with E-state index >= 15 is 0 Å². The van der Waals surface area contributed by atoms with Gasteiger partial charge in [0.2, 0.25) is 0 Å². The van der Waals surface area contributed by atoms with Gasteiger partial charge in [-0.05, 0) is 24.3 Å². The molecule has 1 saturated heterocycles. The summed E-state index contributed by atoms with van der Waals surface area (Å²) in [4.78, 5) is 24.4. The first kappa shape index (κ1) is 18.1. The largest absolute Gasteiger partial charge is 0.459 e. The molecule has 2 aromatic rings. The monoisotopic (exact) mass is 356 g/mol. The van der Waals surface area contributed by atoms with E-state index in [1.807, 2.05) is 12.1 Å². The Hall–Kier alpha value is -2.70. The molecular formula is C20H20O6. The third kappa shape index (κ3) is 4.47. The maximum absolute atomic E-state index is 12.3. The van der Waals surface area contributed by atoms with Crippen LogP contribution >= 0.6 is 0 Å². The minimum Gasteiger partial charge on any atom is -0.459 e. The molecule has 0 spiro atoms. The van der Waals surface area contributed by atoms with Crippen LogP contribution in [0.3, 0.4) is 0 Å². The summed E-state index contributed by atoms with van der Waals surface area (Å²) < 4.78 is 21.7. The maximum atomic E-state index is 12.3. The molecule has 0 N–H and O–H groups in total. The lowest BCUT2D eigenvalue weighted by atomic mass is 10.1. The first-order valence-corrected chi connectivity index (χ1v) is 8.34. The van der Waals surface area contributed by atoms with Gasteiger partial charge in [-0.3, -0.25) is 0 Å². The molecule has 3 rings (SSSR count). The molecule has 26 heavy (non-hydrogen) atoms. The third-order valence-corrected chi connectivity index (χ3v) is 4.08. The molecular weight excluding hydrogens is 336 g/mol. The van der Waals surface area contributed by atoms with E-state index in [0.29, 0.717) is 17.5 Å². The first-order chi connectivity index (χ1) is 12.7. The highest BCUT2D eigenvalue weighted by Gasteiger charge is 2.39. The van der Waals surface area contributed by atoms with Crippen molar-refractivity contribution in [1.82, 2.24) is 0 Å². The topological polar surface area (TPSA) is 71.1 Å². The van der Waals surface area contributed by atoms with Crippen LogP contribution in [0.25, 0.3) is 0 Å². The highest BCUT2D eigenvalue weighted by Crippen LogP contribution is 2.25. The van der Waals surface area contributed by atoms with Gasteiger partial charge in [0, 0.05) is 13.5 Å². The fourth-order valence-electron chi connectivity index (χ4n) is 2.70. The Morgan fingerprint density at radius 3 is 2.12 bits per heavy atom. The molecule has 136 valence electrons. The molecule has 0 unspecified atom stereocenters. The van der Waals surface area contributed by atoms with E-state index in [4.69, 9.17) is 18.9 Å². The number of hydrogen-bond acceptors (Lipinski definition) is 6. The van der Waals surface area contributed by atoms with Gasteiger partial charge in [-0.1, -0.05) is 36.4 Å². The molecule has 1 aliphatic heterocycles. The number of carbonyl (C=O) groups excluding carboxylic acids is 2. The molecule has 0 saturated carbocycles. The van der Waals surface area contributed by atoms with Crippen molar-refractivity contribution in [2.75, 3.05) is 13.7 Å². The van der Waals surface area contributed by atoms with Crippen molar-refractivity contribution in [2.45, 2.75) is 24.9 Å². The van der Waals surface area contributed by atoms with Gasteiger partial charge in [0.25, 0.3) is 0 Å². The second-order valence-electron chi connectivity index (χ2n) is 5.85. The summed E-state index contributed by atoms with van der Waals surface area (Å²) >= 11 is 0. The number of benzene rings is 2. The van der Waals surface area contributed by atoms with Gasteiger partial charge in [0.05, 0.1) is 11.1 Å². The summed E-state index contributed by atoms with van der Waals surface area (Å²) in [6.07, 6.45) is -1.27. The number of rotatable bonds is 6. The molecule has 0 aromatic heterocycles. The van der Waals surface area contributed by atoms with E-state index in [1.165, 1.54) is 7.11 Å². The molecule has 1 aliphatic rings. The fraction of sp³-hybridized carbons (Fsp3) is 0.300. The molecule has 3 atom stereocenters. The normalized spacial score (nSPS) is 22.0. The fourth-order valence-corrected chi connectivity index (χ4v) is 2.70. The molecule has 1 heterocycles. The molecule has 0 aliphatic carbocycles. The second-order valence-corrected chi connectivity index (χ2v) is 5.85. The van der Waals surface area contributed by atoms with Crippen LogP contribution in [0.1, 0.15) is 27.1 Å². The highest BCUT2D eigenvalue weighted by molar-refractivity contribution is 5.90. The molecule has 6 nitrogen and oxygen atoms in total. The zero-order valence-electron chi connectivity index (χ0n) is 14.4. The molecule has 0 bridgehead atoms. The zero-order chi connectivity index (χ0) is 18.4. The van der Waals surface area contributed by atoms with Crippen molar-refractivity contribution in [1.29, 1.82) is 0 Å². The number of esters is 2. The summed E-state index contributed by atoms with van der Waals surface area (Å²) in [5, 5.41) is 0. The van der Waals surface area contributed by atoms with Crippen LogP contribution in [0.4, 0.5) is 0 Å². The summed E-state index contributed by atoms with van der Waals surface area (Å²) in [5.74, 6) is -0.904. The van der Waals surface area contributed by atoms with Crippen molar-refractivity contribution in [2.24, 2.45) is 0 Å². The second kappa shape index (κ2) is 8.60. The zero-order valence-corrected chi connectivity index (χ0v) is 14.4. The van der Waals surface area contributed by atoms with Gasteiger partial charge < -0.3 is 18.9 Å². The molecule has 2 aromatic carbocycles. The lowest BCUT2D eigenvalue weighted by Gasteiger charge is -2.18. The van der Waals surface area contributed by atoms with Crippen molar-refractivity contribution in [3.05, 3.63) is 71.8 Å². The smallest absolute Gasteiger partial charge is 0.338 e. The molecule has 1 fully saturated rings. The Kier molecular flexibility index (Phi) is 5.99. The van der Waals surface area contributed by atoms with E-state index in [-0.39, 0.29) is 6.61 Å². The van der Waals surface area contributed by atoms with Crippen LogP contribution in [0, 0.1) is 0 Å². The van der Waals surface area contributed by atoms with Crippen LogP contribution < -0.4 is 0 Å². The van der Waals surface area contributed by atoms with Crippen LogP contribution in [-0.2, 0) is 18.9 Å². The van der Waals surface area contributed by atoms with Crippen LogP contribution in [0.5, 0.6) is 0 Å². The minimum absolute atomic E-state index is 0.0275. The van der Waals surface area contributed by atoms with E-state index in [9.17, 15) is 9.59 Å². The van der Waals surface area contributed by atoms with E-state index in [0.717, 1.165) is 0 Å². The maximum Gasteiger partial charge on any atom is 0.338 e. The Morgan fingerprint density at radius 1 is 0.962 bits per heavy atom. The van der Waals surface area contributed by atoms with Gasteiger partial charge in [-0.25, -0.2) is 9.59 Å². The van der Waals surface area contributed by atoms with Gasteiger partial charge in [-0.15, -0.1) is 0 Å². The number of hydrogen-bond donors (Lipinski definition) is 0. The summed E-state index contributed by atoms with van der Waals surface area (Å²) in [6.45, 7) is -0.0275. The standard InChI is InChI=1S/C20H20O6/c1-23-18-12-16(26-20(22)15-10-6-3-7-11-15)17(25-18)13-24-19(21)14-8-4-2-5-9-14/h2-11,16-18H,12-13H2,1H3/t16-,17+,18+/m0/s1. The van der Waals surface area contributed by atoms with E-state index in [1.54, 1.807) is 48.5 Å². The summed E-state index contributed by atoms with van der Waals surface area (Å²) in [6, 6.07) is 17.4. The van der Waals surface area contributed by atoms with Gasteiger partial charge in [0.1, 0.15) is 18.8 Å². The average molecular weight is 356 g/mol. The lowest BCUT2D eigenvalue weighted by molar-refractivity contribution is -0.128. The van der Waals surface area contributed by atoms with Crippen molar-refractivity contribution in [3.63, 3.8) is 0 Å². The average Bonchev–Trinajstić information content (AvgIpc) is 3.09. The quantitative estimate of drug-likeness (QED) is 0.741. The molecule has 6 heteroatoms. The predicted molar refractivity (Wildman–Crippen MR) is 92.7 cm³/mol. The Labute approximate surface area is 151 Å². The van der Waals surface area contributed by atoms with Crippen molar-refractivity contribution in [3.8, 4) is 0 Å².